The molecule has 0 saturated heterocycles. The van der Waals surface area contributed by atoms with E-state index in [4.69, 9.17) is 10.5 Å². The monoisotopic (exact) mass is 247 g/mol. The van der Waals surface area contributed by atoms with Gasteiger partial charge in [0.15, 0.2) is 11.6 Å². The van der Waals surface area contributed by atoms with Crippen LogP contribution >= 0.6 is 0 Å². The lowest BCUT2D eigenvalue weighted by Crippen LogP contribution is -2.06. The number of hydrogen-bond acceptors (Lipinski definition) is 5. The van der Waals surface area contributed by atoms with E-state index in [1.54, 1.807) is 17.1 Å². The molecule has 0 fully saturated rings. The third kappa shape index (κ3) is 2.53. The zero-order valence-electron chi connectivity index (χ0n) is 10.6. The van der Waals surface area contributed by atoms with Gasteiger partial charge in [0, 0.05) is 25.4 Å². The number of rotatable bonds is 5. The Kier molecular flexibility index (Phi) is 3.66. The van der Waals surface area contributed by atoms with E-state index >= 15 is 0 Å². The summed E-state index contributed by atoms with van der Waals surface area (Å²) in [6.07, 6.45) is 3.46. The molecule has 0 saturated carbocycles. The predicted molar refractivity (Wildman–Crippen MR) is 70.4 cm³/mol. The lowest BCUT2D eigenvalue weighted by molar-refractivity contribution is 0.340. The van der Waals surface area contributed by atoms with E-state index in [0.29, 0.717) is 24.8 Å². The van der Waals surface area contributed by atoms with Crippen molar-refractivity contribution in [2.75, 3.05) is 17.7 Å². The van der Waals surface area contributed by atoms with Crippen LogP contribution in [0.2, 0.25) is 0 Å². The third-order valence-corrected chi connectivity index (χ3v) is 2.58. The SMILES string of the molecule is CCOc1cccnc1NCc1cnn(C)c1N. The lowest BCUT2D eigenvalue weighted by atomic mass is 10.3. The highest BCUT2D eigenvalue weighted by atomic mass is 16.5. The van der Waals surface area contributed by atoms with Gasteiger partial charge >= 0.3 is 0 Å². The molecule has 0 spiro atoms. The number of nitrogens with zero attached hydrogens (tertiary/aromatic N) is 3. The summed E-state index contributed by atoms with van der Waals surface area (Å²) in [7, 11) is 1.81. The minimum atomic E-state index is 0.566. The Bertz CT molecular complexity index is 523. The molecule has 3 N–H and O–H groups in total. The van der Waals surface area contributed by atoms with Crippen molar-refractivity contribution < 1.29 is 4.74 Å². The highest BCUT2D eigenvalue weighted by Crippen LogP contribution is 2.22. The van der Waals surface area contributed by atoms with Crippen LogP contribution in [0, 0.1) is 0 Å². The van der Waals surface area contributed by atoms with Crippen molar-refractivity contribution in [1.29, 1.82) is 0 Å². The highest BCUT2D eigenvalue weighted by Gasteiger charge is 2.07. The highest BCUT2D eigenvalue weighted by molar-refractivity contribution is 5.51. The minimum Gasteiger partial charge on any atom is -0.490 e. The fourth-order valence-electron chi connectivity index (χ4n) is 1.60. The second kappa shape index (κ2) is 5.39. The average Bonchev–Trinajstić information content (AvgIpc) is 2.70. The number of nitrogen functional groups attached to an aromatic ring is 1. The molecule has 2 aromatic heterocycles. The Morgan fingerprint density at radius 1 is 1.50 bits per heavy atom. The van der Waals surface area contributed by atoms with Crippen LogP contribution in [0.4, 0.5) is 11.6 Å². The number of nitrogens with two attached hydrogens (primary N) is 1. The fourth-order valence-corrected chi connectivity index (χ4v) is 1.60. The Morgan fingerprint density at radius 2 is 2.33 bits per heavy atom. The fraction of sp³-hybridized carbons (Fsp3) is 0.333. The molecule has 2 aromatic rings. The summed E-state index contributed by atoms with van der Waals surface area (Å²) in [6.45, 7) is 3.11. The Balaban J connectivity index is 2.08. The number of aryl methyl sites for hydroxylation is 1. The molecule has 0 bridgehead atoms. The maximum absolute atomic E-state index is 5.87. The molecule has 6 nitrogen and oxygen atoms in total. The summed E-state index contributed by atoms with van der Waals surface area (Å²) in [4.78, 5) is 4.24. The van der Waals surface area contributed by atoms with Crippen molar-refractivity contribution in [1.82, 2.24) is 14.8 Å². The molecule has 0 atom stereocenters. The van der Waals surface area contributed by atoms with Crippen LogP contribution in [0.25, 0.3) is 0 Å². The van der Waals surface area contributed by atoms with Crippen molar-refractivity contribution in [3.8, 4) is 5.75 Å². The first-order valence-electron chi connectivity index (χ1n) is 5.80. The largest absolute Gasteiger partial charge is 0.490 e. The topological polar surface area (TPSA) is 78.0 Å². The van der Waals surface area contributed by atoms with Gasteiger partial charge in [-0.2, -0.15) is 5.10 Å². The van der Waals surface area contributed by atoms with E-state index in [1.165, 1.54) is 0 Å². The van der Waals surface area contributed by atoms with Gasteiger partial charge in [0.05, 0.1) is 12.8 Å². The van der Waals surface area contributed by atoms with E-state index in [1.807, 2.05) is 26.1 Å². The van der Waals surface area contributed by atoms with Crippen molar-refractivity contribution in [3.05, 3.63) is 30.1 Å². The van der Waals surface area contributed by atoms with E-state index < -0.39 is 0 Å². The van der Waals surface area contributed by atoms with Crippen LogP contribution in [-0.4, -0.2) is 21.4 Å². The first-order valence-corrected chi connectivity index (χ1v) is 5.80. The predicted octanol–water partition coefficient (Wildman–Crippen LogP) is 1.41. The number of hydrogen-bond donors (Lipinski definition) is 2. The number of aromatic nitrogens is 3. The molecule has 2 heterocycles. The molecule has 0 unspecified atom stereocenters. The summed E-state index contributed by atoms with van der Waals surface area (Å²) in [5.41, 5.74) is 6.81. The second-order valence-corrected chi connectivity index (χ2v) is 3.82. The molecule has 0 radical (unpaired) electrons. The number of pyridine rings is 1. The van der Waals surface area contributed by atoms with Crippen molar-refractivity contribution in [2.45, 2.75) is 13.5 Å². The van der Waals surface area contributed by atoms with Gasteiger partial charge in [-0.15, -0.1) is 0 Å². The minimum absolute atomic E-state index is 0.566. The van der Waals surface area contributed by atoms with Crippen LogP contribution in [0.5, 0.6) is 5.75 Å². The normalized spacial score (nSPS) is 10.3. The Hall–Kier alpha value is -2.24. The quantitative estimate of drug-likeness (QED) is 0.835. The molecule has 0 amide bonds. The maximum atomic E-state index is 5.87. The molecule has 6 heteroatoms. The van der Waals surface area contributed by atoms with Crippen LogP contribution in [-0.2, 0) is 13.6 Å². The van der Waals surface area contributed by atoms with Gasteiger partial charge in [-0.1, -0.05) is 0 Å². The van der Waals surface area contributed by atoms with Crippen LogP contribution in [0.3, 0.4) is 0 Å². The van der Waals surface area contributed by atoms with Gasteiger partial charge in [0.25, 0.3) is 0 Å². The van der Waals surface area contributed by atoms with Gasteiger partial charge in [-0.25, -0.2) is 4.98 Å². The second-order valence-electron chi connectivity index (χ2n) is 3.82. The first-order chi connectivity index (χ1) is 8.72. The molecule has 0 aromatic carbocycles. The standard InChI is InChI=1S/C12H17N5O/c1-3-18-10-5-4-6-14-12(10)15-7-9-8-16-17(2)11(9)13/h4-6,8H,3,7,13H2,1-2H3,(H,14,15). The lowest BCUT2D eigenvalue weighted by Gasteiger charge is -2.10. The molecule has 0 aliphatic carbocycles. The summed E-state index contributed by atoms with van der Waals surface area (Å²) in [5, 5.41) is 7.29. The van der Waals surface area contributed by atoms with Gasteiger partial charge in [0.2, 0.25) is 0 Å². The summed E-state index contributed by atoms with van der Waals surface area (Å²) in [6, 6.07) is 3.72. The van der Waals surface area contributed by atoms with Crippen LogP contribution in [0.15, 0.2) is 24.5 Å². The molecule has 0 aliphatic heterocycles. The van der Waals surface area contributed by atoms with Crippen LogP contribution < -0.4 is 15.8 Å². The van der Waals surface area contributed by atoms with Crippen molar-refractivity contribution in [2.24, 2.45) is 7.05 Å². The molecule has 0 aliphatic rings. The summed E-state index contributed by atoms with van der Waals surface area (Å²) < 4.78 is 7.12. The third-order valence-electron chi connectivity index (χ3n) is 2.58. The molecule has 96 valence electrons. The Morgan fingerprint density at radius 3 is 3.00 bits per heavy atom. The molecule has 2 rings (SSSR count). The van der Waals surface area contributed by atoms with Crippen LogP contribution in [0.1, 0.15) is 12.5 Å². The maximum Gasteiger partial charge on any atom is 0.169 e. The van der Waals surface area contributed by atoms with Gasteiger partial charge in [0.1, 0.15) is 5.82 Å². The van der Waals surface area contributed by atoms with E-state index in [-0.39, 0.29) is 0 Å². The number of ether oxygens (including phenoxy) is 1. The molecule has 18 heavy (non-hydrogen) atoms. The number of nitrogens with one attached hydrogen (secondary N) is 1. The zero-order chi connectivity index (χ0) is 13.0. The smallest absolute Gasteiger partial charge is 0.169 e. The van der Waals surface area contributed by atoms with E-state index in [0.717, 1.165) is 11.3 Å². The molecular formula is C12H17N5O. The molecular weight excluding hydrogens is 230 g/mol. The summed E-state index contributed by atoms with van der Waals surface area (Å²) in [5.74, 6) is 2.10. The zero-order valence-corrected chi connectivity index (χ0v) is 10.6. The van der Waals surface area contributed by atoms with E-state index in [2.05, 4.69) is 15.4 Å². The first kappa shape index (κ1) is 12.2. The van der Waals surface area contributed by atoms with Crippen molar-refractivity contribution >= 4 is 11.6 Å². The average molecular weight is 247 g/mol. The van der Waals surface area contributed by atoms with Crippen molar-refractivity contribution in [3.63, 3.8) is 0 Å². The van der Waals surface area contributed by atoms with Gasteiger partial charge in [-0.3, -0.25) is 4.68 Å². The Labute approximate surface area is 106 Å². The van der Waals surface area contributed by atoms with Gasteiger partial charge < -0.3 is 15.8 Å². The summed E-state index contributed by atoms with van der Waals surface area (Å²) >= 11 is 0. The van der Waals surface area contributed by atoms with E-state index in [9.17, 15) is 0 Å². The van der Waals surface area contributed by atoms with Gasteiger partial charge in [-0.05, 0) is 19.1 Å². The number of anilines is 2.